The summed E-state index contributed by atoms with van der Waals surface area (Å²) in [4.78, 5) is 7.71. The molecule has 210 valence electrons. The number of para-hydroxylation sites is 1. The topological polar surface area (TPSA) is 31.5 Å². The number of H-pyrrole nitrogens is 1. The van der Waals surface area contributed by atoms with Gasteiger partial charge in [-0.1, -0.05) is 37.5 Å². The minimum absolute atomic E-state index is 0.0570. The van der Waals surface area contributed by atoms with Crippen molar-refractivity contribution < 1.29 is 17.9 Å². The minimum atomic E-state index is -1.53. The molecule has 2 aromatic carbocycles. The average molecular weight is 540 g/mol. The van der Waals surface area contributed by atoms with Gasteiger partial charge in [0.1, 0.15) is 29.2 Å². The molecule has 4 nitrogen and oxygen atoms in total. The van der Waals surface area contributed by atoms with Gasteiger partial charge in [0.05, 0.1) is 6.04 Å². The maximum atomic E-state index is 15.9. The molecule has 2 atom stereocenters. The van der Waals surface area contributed by atoms with Crippen LogP contribution in [-0.4, -0.2) is 58.8 Å². The van der Waals surface area contributed by atoms with E-state index in [1.165, 1.54) is 58.1 Å². The number of hydrogen-bond acceptors (Lipinski definition) is 3. The Balaban J connectivity index is 1.26. The second kappa shape index (κ2) is 10.5. The zero-order valence-corrected chi connectivity index (χ0v) is 23.3. The molecule has 0 amide bonds. The van der Waals surface area contributed by atoms with Crippen LogP contribution in [0.2, 0.25) is 0 Å². The summed E-state index contributed by atoms with van der Waals surface area (Å²) in [5, 5.41) is 1.05. The van der Waals surface area contributed by atoms with Gasteiger partial charge in [-0.05, 0) is 57.6 Å². The Morgan fingerprint density at radius 1 is 1.03 bits per heavy atom. The minimum Gasteiger partial charge on any atom is -0.488 e. The lowest BCUT2D eigenvalue weighted by Gasteiger charge is -2.43. The van der Waals surface area contributed by atoms with Crippen LogP contribution in [0.5, 0.6) is 5.75 Å². The molecule has 0 bridgehead atoms. The molecule has 1 saturated carbocycles. The number of rotatable bonds is 7. The van der Waals surface area contributed by atoms with Crippen LogP contribution in [0.4, 0.5) is 13.2 Å². The number of alkyl halides is 1. The molecule has 1 aromatic heterocycles. The van der Waals surface area contributed by atoms with Crippen LogP contribution >= 0.6 is 0 Å². The normalized spacial score (nSPS) is 23.6. The fourth-order valence-corrected chi connectivity index (χ4v) is 7.06. The molecule has 0 radical (unpaired) electrons. The van der Waals surface area contributed by atoms with Crippen molar-refractivity contribution in [2.45, 2.75) is 83.2 Å². The monoisotopic (exact) mass is 539 g/mol. The number of aromatic amines is 1. The van der Waals surface area contributed by atoms with Gasteiger partial charge in [0.15, 0.2) is 0 Å². The maximum Gasteiger partial charge on any atom is 0.135 e. The SMILES string of the molecule is C[C@@H]1Cc2c([nH]c3ccccc23)[C@@H](c2c(F)cc(OC3CN(CC4CCCCC4)C3)cc2F)N1CC(C)(C)F. The number of benzene rings is 2. The van der Waals surface area contributed by atoms with E-state index in [2.05, 4.69) is 9.88 Å². The summed E-state index contributed by atoms with van der Waals surface area (Å²) in [6.45, 7) is 7.76. The van der Waals surface area contributed by atoms with Crippen molar-refractivity contribution in [2.75, 3.05) is 26.2 Å². The zero-order valence-electron chi connectivity index (χ0n) is 23.3. The molecule has 3 aromatic rings. The number of aromatic nitrogens is 1. The van der Waals surface area contributed by atoms with Gasteiger partial charge in [0, 0.05) is 66.5 Å². The van der Waals surface area contributed by atoms with Crippen LogP contribution in [0.15, 0.2) is 36.4 Å². The van der Waals surface area contributed by atoms with Gasteiger partial charge in [0.25, 0.3) is 0 Å². The highest BCUT2D eigenvalue weighted by atomic mass is 19.1. The Labute approximate surface area is 229 Å². The van der Waals surface area contributed by atoms with Gasteiger partial charge >= 0.3 is 0 Å². The molecule has 1 saturated heterocycles. The predicted molar refractivity (Wildman–Crippen MR) is 149 cm³/mol. The Bertz CT molecular complexity index is 1300. The maximum absolute atomic E-state index is 15.9. The van der Waals surface area contributed by atoms with Crippen LogP contribution < -0.4 is 4.74 Å². The second-order valence-electron chi connectivity index (χ2n) is 12.7. The van der Waals surface area contributed by atoms with E-state index in [1.54, 1.807) is 0 Å². The molecule has 0 spiro atoms. The molecule has 3 aliphatic rings. The summed E-state index contributed by atoms with van der Waals surface area (Å²) >= 11 is 0. The van der Waals surface area contributed by atoms with Crippen LogP contribution in [0, 0.1) is 17.6 Å². The fraction of sp³-hybridized carbons (Fsp3) is 0.562. The third kappa shape index (κ3) is 5.45. The summed E-state index contributed by atoms with van der Waals surface area (Å²) in [6, 6.07) is 9.66. The Morgan fingerprint density at radius 3 is 2.41 bits per heavy atom. The predicted octanol–water partition coefficient (Wildman–Crippen LogP) is 7.17. The summed E-state index contributed by atoms with van der Waals surface area (Å²) in [6.07, 6.45) is 7.21. The Kier molecular flexibility index (Phi) is 7.17. The standard InChI is InChI=1S/C32H40F3N3O/c1-20-13-25-24-11-7-8-12-28(24)36-30(25)31(38(20)19-32(2,3)35)29-26(33)14-22(15-27(29)34)39-23-17-37(18-23)16-21-9-5-4-6-10-21/h7-8,11-12,14-15,20-21,23,31,36H,4-6,9-10,13,16-19H2,1-3H3/t20-,31-/m1/s1. The van der Waals surface area contributed by atoms with E-state index in [-0.39, 0.29) is 30.0 Å². The van der Waals surface area contributed by atoms with Gasteiger partial charge in [-0.2, -0.15) is 0 Å². The lowest BCUT2D eigenvalue weighted by molar-refractivity contribution is 0.00627. The lowest BCUT2D eigenvalue weighted by atomic mass is 9.87. The Morgan fingerprint density at radius 2 is 1.72 bits per heavy atom. The van der Waals surface area contributed by atoms with E-state index in [0.717, 1.165) is 47.7 Å². The van der Waals surface area contributed by atoms with E-state index in [9.17, 15) is 4.39 Å². The molecule has 2 aliphatic heterocycles. The van der Waals surface area contributed by atoms with Crippen LogP contribution in [0.25, 0.3) is 10.9 Å². The largest absolute Gasteiger partial charge is 0.488 e. The molecule has 1 aliphatic carbocycles. The first kappa shape index (κ1) is 26.7. The molecule has 7 heteroatoms. The molecule has 1 N–H and O–H groups in total. The summed E-state index contributed by atoms with van der Waals surface area (Å²) in [7, 11) is 0. The number of halogens is 3. The van der Waals surface area contributed by atoms with Gasteiger partial charge < -0.3 is 9.72 Å². The summed E-state index contributed by atoms with van der Waals surface area (Å²) < 4.78 is 52.7. The first-order valence-electron chi connectivity index (χ1n) is 14.6. The van der Waals surface area contributed by atoms with Crippen LogP contribution in [0.1, 0.15) is 75.7 Å². The summed E-state index contributed by atoms with van der Waals surface area (Å²) in [5.74, 6) is -0.338. The van der Waals surface area contributed by atoms with Gasteiger partial charge in [0.2, 0.25) is 0 Å². The van der Waals surface area contributed by atoms with Crippen molar-refractivity contribution in [1.29, 1.82) is 0 Å². The van der Waals surface area contributed by atoms with E-state index in [1.807, 2.05) is 36.1 Å². The molecule has 2 fully saturated rings. The van der Waals surface area contributed by atoms with Gasteiger partial charge in [-0.3, -0.25) is 9.80 Å². The van der Waals surface area contributed by atoms with Crippen molar-refractivity contribution in [1.82, 2.24) is 14.8 Å². The first-order valence-corrected chi connectivity index (χ1v) is 14.6. The van der Waals surface area contributed by atoms with E-state index in [4.69, 9.17) is 4.74 Å². The number of fused-ring (bicyclic) bond motifs is 3. The van der Waals surface area contributed by atoms with Crippen LogP contribution in [0.3, 0.4) is 0 Å². The number of likely N-dealkylation sites (tertiary alicyclic amines) is 1. The van der Waals surface area contributed by atoms with Crippen molar-refractivity contribution >= 4 is 10.9 Å². The number of nitrogens with zero attached hydrogens (tertiary/aromatic N) is 2. The first-order chi connectivity index (χ1) is 18.7. The van der Waals surface area contributed by atoms with Crippen molar-refractivity contribution in [2.24, 2.45) is 5.92 Å². The quantitative estimate of drug-likeness (QED) is 0.345. The van der Waals surface area contributed by atoms with Crippen molar-refractivity contribution in [3.63, 3.8) is 0 Å². The highest BCUT2D eigenvalue weighted by molar-refractivity contribution is 5.85. The molecule has 3 heterocycles. The fourth-order valence-electron chi connectivity index (χ4n) is 7.06. The molecular weight excluding hydrogens is 499 g/mol. The zero-order chi connectivity index (χ0) is 27.3. The van der Waals surface area contributed by atoms with E-state index in [0.29, 0.717) is 6.42 Å². The highest BCUT2D eigenvalue weighted by Crippen LogP contribution is 2.44. The number of nitrogens with one attached hydrogen (secondary N) is 1. The number of ether oxygens (including phenoxy) is 1. The highest BCUT2D eigenvalue weighted by Gasteiger charge is 2.41. The molecule has 0 unspecified atom stereocenters. The molecule has 6 rings (SSSR count). The molecular formula is C32H40F3N3O. The van der Waals surface area contributed by atoms with Crippen molar-refractivity contribution in [3.05, 3.63) is 64.9 Å². The van der Waals surface area contributed by atoms with Gasteiger partial charge in [-0.15, -0.1) is 0 Å². The van der Waals surface area contributed by atoms with E-state index < -0.39 is 23.3 Å². The second-order valence-corrected chi connectivity index (χ2v) is 12.7. The number of hydrogen-bond donors (Lipinski definition) is 1. The summed E-state index contributed by atoms with van der Waals surface area (Å²) in [5.41, 5.74) is 1.12. The lowest BCUT2D eigenvalue weighted by Crippen LogP contribution is -2.55. The van der Waals surface area contributed by atoms with Crippen molar-refractivity contribution in [3.8, 4) is 5.75 Å². The average Bonchev–Trinajstić information content (AvgIpc) is 3.22. The van der Waals surface area contributed by atoms with Gasteiger partial charge in [-0.25, -0.2) is 13.2 Å². The van der Waals surface area contributed by atoms with E-state index >= 15 is 8.78 Å². The third-order valence-electron chi connectivity index (χ3n) is 8.87. The Hall–Kier alpha value is -2.51. The molecule has 39 heavy (non-hydrogen) atoms. The third-order valence-corrected chi connectivity index (χ3v) is 8.87. The van der Waals surface area contributed by atoms with Crippen LogP contribution in [-0.2, 0) is 6.42 Å². The smallest absolute Gasteiger partial charge is 0.135 e.